The number of urea groups is 1. The standard InChI is InChI=1S/C16H23FN2O2/c1-3-9-16(2,10-20)19-15(21)18-14-8-7-11-12(14)5-4-6-13(11)17/h4-6,14,20H,3,7-10H2,1-2H3,(H2,18,19,21). The third-order valence-electron chi connectivity index (χ3n) is 4.08. The fraction of sp³-hybridized carbons (Fsp3) is 0.562. The van der Waals surface area contributed by atoms with E-state index in [0.29, 0.717) is 24.8 Å². The molecule has 4 nitrogen and oxygen atoms in total. The van der Waals surface area contributed by atoms with Crippen molar-refractivity contribution in [2.75, 3.05) is 6.61 Å². The molecule has 0 aliphatic heterocycles. The molecule has 0 bridgehead atoms. The first kappa shape index (κ1) is 15.8. The molecule has 0 spiro atoms. The lowest BCUT2D eigenvalue weighted by Gasteiger charge is -2.29. The highest BCUT2D eigenvalue weighted by molar-refractivity contribution is 5.75. The number of fused-ring (bicyclic) bond motifs is 1. The number of nitrogens with one attached hydrogen (secondary N) is 2. The summed E-state index contributed by atoms with van der Waals surface area (Å²) in [5, 5.41) is 15.1. The minimum atomic E-state index is -0.623. The zero-order chi connectivity index (χ0) is 15.5. The maximum absolute atomic E-state index is 13.7. The van der Waals surface area contributed by atoms with Crippen molar-refractivity contribution in [1.82, 2.24) is 10.6 Å². The molecule has 5 heteroatoms. The Morgan fingerprint density at radius 2 is 2.29 bits per heavy atom. The molecule has 2 unspecified atom stereocenters. The first-order chi connectivity index (χ1) is 9.99. The van der Waals surface area contributed by atoms with Gasteiger partial charge in [-0.25, -0.2) is 9.18 Å². The Balaban J connectivity index is 2.01. The summed E-state index contributed by atoms with van der Waals surface area (Å²) in [6.07, 6.45) is 2.91. The van der Waals surface area contributed by atoms with Crippen LogP contribution in [0.3, 0.4) is 0 Å². The van der Waals surface area contributed by atoms with Gasteiger partial charge in [-0.1, -0.05) is 25.5 Å². The summed E-state index contributed by atoms with van der Waals surface area (Å²) in [7, 11) is 0. The smallest absolute Gasteiger partial charge is 0.315 e. The molecule has 1 aliphatic rings. The van der Waals surface area contributed by atoms with Crippen LogP contribution in [0.4, 0.5) is 9.18 Å². The van der Waals surface area contributed by atoms with E-state index in [9.17, 15) is 14.3 Å². The summed E-state index contributed by atoms with van der Waals surface area (Å²) >= 11 is 0. The molecule has 2 amide bonds. The van der Waals surface area contributed by atoms with Crippen LogP contribution < -0.4 is 10.6 Å². The van der Waals surface area contributed by atoms with Gasteiger partial charge in [-0.3, -0.25) is 0 Å². The number of amides is 2. The lowest BCUT2D eigenvalue weighted by molar-refractivity contribution is 0.162. The highest BCUT2D eigenvalue weighted by Crippen LogP contribution is 2.32. The van der Waals surface area contributed by atoms with Gasteiger partial charge in [0.05, 0.1) is 18.2 Å². The predicted molar refractivity (Wildman–Crippen MR) is 79.5 cm³/mol. The van der Waals surface area contributed by atoms with Gasteiger partial charge in [0.2, 0.25) is 0 Å². The van der Waals surface area contributed by atoms with Gasteiger partial charge in [-0.15, -0.1) is 0 Å². The Morgan fingerprint density at radius 1 is 1.52 bits per heavy atom. The van der Waals surface area contributed by atoms with E-state index in [-0.39, 0.29) is 24.5 Å². The van der Waals surface area contributed by atoms with E-state index < -0.39 is 5.54 Å². The van der Waals surface area contributed by atoms with E-state index in [0.717, 1.165) is 12.0 Å². The number of halogens is 1. The van der Waals surface area contributed by atoms with E-state index in [1.165, 1.54) is 6.07 Å². The minimum Gasteiger partial charge on any atom is -0.394 e. The Morgan fingerprint density at radius 3 is 2.95 bits per heavy atom. The Labute approximate surface area is 124 Å². The molecule has 0 saturated heterocycles. The van der Waals surface area contributed by atoms with E-state index in [1.54, 1.807) is 6.07 Å². The Kier molecular flexibility index (Phi) is 4.83. The fourth-order valence-corrected chi connectivity index (χ4v) is 2.96. The molecule has 2 atom stereocenters. The number of carbonyl (C=O) groups excluding carboxylic acids is 1. The average molecular weight is 294 g/mol. The molecule has 116 valence electrons. The first-order valence-electron chi connectivity index (χ1n) is 7.46. The van der Waals surface area contributed by atoms with Gasteiger partial charge in [0.1, 0.15) is 5.82 Å². The molecule has 3 N–H and O–H groups in total. The molecule has 21 heavy (non-hydrogen) atoms. The molecule has 0 aromatic heterocycles. The quantitative estimate of drug-likeness (QED) is 0.782. The van der Waals surface area contributed by atoms with Crippen LogP contribution in [0.1, 0.15) is 50.3 Å². The highest BCUT2D eigenvalue weighted by atomic mass is 19.1. The third kappa shape index (κ3) is 3.53. The number of rotatable bonds is 5. The molecule has 0 radical (unpaired) electrons. The maximum Gasteiger partial charge on any atom is 0.315 e. The molecule has 2 rings (SSSR count). The van der Waals surface area contributed by atoms with Gasteiger partial charge in [0.15, 0.2) is 0 Å². The monoisotopic (exact) mass is 294 g/mol. The SMILES string of the molecule is CCCC(C)(CO)NC(=O)NC1CCc2c(F)cccc21. The van der Waals surface area contributed by atoms with Gasteiger partial charge in [0.25, 0.3) is 0 Å². The van der Waals surface area contributed by atoms with Crippen molar-refractivity contribution in [2.45, 2.75) is 51.1 Å². The van der Waals surface area contributed by atoms with E-state index in [1.807, 2.05) is 19.9 Å². The van der Waals surface area contributed by atoms with Crippen molar-refractivity contribution in [2.24, 2.45) is 0 Å². The number of benzene rings is 1. The van der Waals surface area contributed by atoms with Crippen molar-refractivity contribution in [1.29, 1.82) is 0 Å². The van der Waals surface area contributed by atoms with E-state index >= 15 is 0 Å². The molecular weight excluding hydrogens is 271 g/mol. The van der Waals surface area contributed by atoms with Crippen molar-refractivity contribution in [3.05, 3.63) is 35.1 Å². The van der Waals surface area contributed by atoms with Crippen molar-refractivity contribution in [3.8, 4) is 0 Å². The summed E-state index contributed by atoms with van der Waals surface area (Å²) in [5.41, 5.74) is 0.926. The summed E-state index contributed by atoms with van der Waals surface area (Å²) in [5.74, 6) is -0.205. The predicted octanol–water partition coefficient (Wildman–Crippen LogP) is 2.66. The van der Waals surface area contributed by atoms with Crippen molar-refractivity contribution in [3.63, 3.8) is 0 Å². The molecule has 1 aromatic rings. The van der Waals surface area contributed by atoms with E-state index in [4.69, 9.17) is 0 Å². The molecular formula is C16H23FN2O2. The zero-order valence-corrected chi connectivity index (χ0v) is 12.6. The van der Waals surface area contributed by atoms with Crippen LogP contribution in [0.25, 0.3) is 0 Å². The molecule has 1 aliphatic carbocycles. The normalized spacial score (nSPS) is 19.7. The topological polar surface area (TPSA) is 61.4 Å². The van der Waals surface area contributed by atoms with Crippen LogP contribution in [0.15, 0.2) is 18.2 Å². The lowest BCUT2D eigenvalue weighted by atomic mass is 9.97. The second-order valence-corrected chi connectivity index (χ2v) is 5.97. The largest absolute Gasteiger partial charge is 0.394 e. The number of aliphatic hydroxyl groups is 1. The lowest BCUT2D eigenvalue weighted by Crippen LogP contribution is -2.52. The van der Waals surface area contributed by atoms with Gasteiger partial charge in [-0.2, -0.15) is 0 Å². The number of hydrogen-bond acceptors (Lipinski definition) is 2. The average Bonchev–Trinajstić information content (AvgIpc) is 2.83. The van der Waals surface area contributed by atoms with Crippen LogP contribution in [-0.2, 0) is 6.42 Å². The number of carbonyl (C=O) groups is 1. The first-order valence-corrected chi connectivity index (χ1v) is 7.46. The van der Waals surface area contributed by atoms with Crippen LogP contribution in [0.2, 0.25) is 0 Å². The molecule has 0 fully saturated rings. The van der Waals surface area contributed by atoms with Crippen LogP contribution in [0.5, 0.6) is 0 Å². The second-order valence-electron chi connectivity index (χ2n) is 5.97. The molecule has 0 heterocycles. The van der Waals surface area contributed by atoms with Gasteiger partial charge in [-0.05, 0) is 43.4 Å². The number of aliphatic hydroxyl groups excluding tert-OH is 1. The van der Waals surface area contributed by atoms with Crippen LogP contribution in [0, 0.1) is 5.82 Å². The van der Waals surface area contributed by atoms with Gasteiger partial charge < -0.3 is 15.7 Å². The van der Waals surface area contributed by atoms with Gasteiger partial charge >= 0.3 is 6.03 Å². The summed E-state index contributed by atoms with van der Waals surface area (Å²) < 4.78 is 13.7. The van der Waals surface area contributed by atoms with Gasteiger partial charge in [0, 0.05) is 0 Å². The molecule has 1 aromatic carbocycles. The summed E-state index contributed by atoms with van der Waals surface area (Å²) in [6.45, 7) is 3.71. The second kappa shape index (κ2) is 6.43. The molecule has 0 saturated carbocycles. The fourth-order valence-electron chi connectivity index (χ4n) is 2.96. The van der Waals surface area contributed by atoms with Crippen LogP contribution >= 0.6 is 0 Å². The zero-order valence-electron chi connectivity index (χ0n) is 12.6. The maximum atomic E-state index is 13.7. The van der Waals surface area contributed by atoms with Crippen molar-refractivity contribution < 1.29 is 14.3 Å². The minimum absolute atomic E-state index is 0.107. The van der Waals surface area contributed by atoms with Crippen molar-refractivity contribution >= 4 is 6.03 Å². The summed E-state index contributed by atoms with van der Waals surface area (Å²) in [4.78, 5) is 12.1. The number of hydrogen-bond donors (Lipinski definition) is 3. The Bertz CT molecular complexity index is 521. The van der Waals surface area contributed by atoms with Crippen LogP contribution in [-0.4, -0.2) is 23.3 Å². The third-order valence-corrected chi connectivity index (χ3v) is 4.08. The van der Waals surface area contributed by atoms with E-state index in [2.05, 4.69) is 10.6 Å². The highest BCUT2D eigenvalue weighted by Gasteiger charge is 2.29. The Hall–Kier alpha value is -1.62. The summed E-state index contributed by atoms with van der Waals surface area (Å²) in [6, 6.07) is 4.49.